The minimum absolute atomic E-state index is 0.157. The van der Waals surface area contributed by atoms with Gasteiger partial charge in [-0.15, -0.1) is 0 Å². The molecule has 0 saturated carbocycles. The summed E-state index contributed by atoms with van der Waals surface area (Å²) < 4.78 is 0. The molecule has 0 aromatic heterocycles. The lowest BCUT2D eigenvalue weighted by atomic mass is 10.0. The van der Waals surface area contributed by atoms with Crippen molar-refractivity contribution in [3.8, 4) is 0 Å². The van der Waals surface area contributed by atoms with Gasteiger partial charge in [-0.25, -0.2) is 4.79 Å². The fourth-order valence-corrected chi connectivity index (χ4v) is 3.44. The zero-order valence-electron chi connectivity index (χ0n) is 9.95. The maximum Gasteiger partial charge on any atom is 0.315 e. The first-order chi connectivity index (χ1) is 8.18. The smallest absolute Gasteiger partial charge is 0.315 e. The standard InChI is InChI=1S/C12H20N2O2S/c15-11(14-10-4-2-1-3-5-10)13-8-12(16)6-7-17-9-12/h1-2,10,16H,3-9H2,(H2,13,14,15). The van der Waals surface area contributed by atoms with Crippen molar-refractivity contribution in [2.45, 2.75) is 37.3 Å². The molecule has 1 aliphatic heterocycles. The minimum Gasteiger partial charge on any atom is -0.387 e. The number of hydrogen-bond donors (Lipinski definition) is 3. The van der Waals surface area contributed by atoms with Crippen LogP contribution in [0.4, 0.5) is 4.79 Å². The van der Waals surface area contributed by atoms with Crippen molar-refractivity contribution in [3.63, 3.8) is 0 Å². The molecule has 0 aromatic rings. The molecular formula is C12H20N2O2S. The van der Waals surface area contributed by atoms with Crippen molar-refractivity contribution in [1.82, 2.24) is 10.6 Å². The predicted octanol–water partition coefficient (Wildman–Crippen LogP) is 1.26. The van der Waals surface area contributed by atoms with E-state index in [2.05, 4.69) is 22.8 Å². The number of carbonyl (C=O) groups is 1. The van der Waals surface area contributed by atoms with Crippen LogP contribution in [0.25, 0.3) is 0 Å². The van der Waals surface area contributed by atoms with E-state index in [1.807, 2.05) is 0 Å². The normalized spacial score (nSPS) is 32.4. The highest BCUT2D eigenvalue weighted by Crippen LogP contribution is 2.26. The number of thioether (sulfide) groups is 1. The number of amides is 2. The first-order valence-electron chi connectivity index (χ1n) is 6.17. The molecule has 0 bridgehead atoms. The molecule has 1 saturated heterocycles. The number of rotatable bonds is 3. The highest BCUT2D eigenvalue weighted by molar-refractivity contribution is 7.99. The molecule has 1 aliphatic carbocycles. The predicted molar refractivity (Wildman–Crippen MR) is 70.2 cm³/mol. The molecule has 0 radical (unpaired) electrons. The van der Waals surface area contributed by atoms with Crippen LogP contribution < -0.4 is 10.6 Å². The Bertz CT molecular complexity index is 301. The number of nitrogens with one attached hydrogen (secondary N) is 2. The van der Waals surface area contributed by atoms with Gasteiger partial charge in [0.25, 0.3) is 0 Å². The third kappa shape index (κ3) is 3.92. The molecule has 0 spiro atoms. The van der Waals surface area contributed by atoms with Crippen molar-refractivity contribution in [3.05, 3.63) is 12.2 Å². The van der Waals surface area contributed by atoms with Gasteiger partial charge in [0.1, 0.15) is 0 Å². The van der Waals surface area contributed by atoms with E-state index in [1.54, 1.807) is 11.8 Å². The van der Waals surface area contributed by atoms with Crippen LogP contribution in [0.3, 0.4) is 0 Å². The largest absolute Gasteiger partial charge is 0.387 e. The van der Waals surface area contributed by atoms with E-state index in [0.29, 0.717) is 6.54 Å². The number of hydrogen-bond acceptors (Lipinski definition) is 3. The fraction of sp³-hybridized carbons (Fsp3) is 0.750. The monoisotopic (exact) mass is 256 g/mol. The molecule has 17 heavy (non-hydrogen) atoms. The Morgan fingerprint density at radius 3 is 3.06 bits per heavy atom. The summed E-state index contributed by atoms with van der Waals surface area (Å²) in [7, 11) is 0. The molecule has 96 valence electrons. The molecule has 2 amide bonds. The lowest BCUT2D eigenvalue weighted by Gasteiger charge is -2.24. The molecule has 2 aliphatic rings. The van der Waals surface area contributed by atoms with Crippen molar-refractivity contribution in [2.75, 3.05) is 18.1 Å². The lowest BCUT2D eigenvalue weighted by molar-refractivity contribution is 0.0698. The van der Waals surface area contributed by atoms with E-state index >= 15 is 0 Å². The molecule has 2 unspecified atom stereocenters. The van der Waals surface area contributed by atoms with Gasteiger partial charge < -0.3 is 15.7 Å². The van der Waals surface area contributed by atoms with Gasteiger partial charge in [-0.05, 0) is 31.4 Å². The number of carbonyl (C=O) groups excluding carboxylic acids is 1. The average Bonchev–Trinajstić information content (AvgIpc) is 2.76. The Morgan fingerprint density at radius 2 is 2.41 bits per heavy atom. The minimum atomic E-state index is -0.700. The van der Waals surface area contributed by atoms with Gasteiger partial charge in [-0.2, -0.15) is 11.8 Å². The second kappa shape index (κ2) is 5.78. The highest BCUT2D eigenvalue weighted by Gasteiger charge is 2.32. The van der Waals surface area contributed by atoms with E-state index in [-0.39, 0.29) is 12.1 Å². The van der Waals surface area contributed by atoms with Crippen LogP contribution in [-0.2, 0) is 0 Å². The fourth-order valence-electron chi connectivity index (χ4n) is 2.14. The van der Waals surface area contributed by atoms with Crippen LogP contribution in [0.1, 0.15) is 25.7 Å². The maximum absolute atomic E-state index is 11.6. The quantitative estimate of drug-likeness (QED) is 0.666. The molecule has 2 rings (SSSR count). The second-order valence-corrected chi connectivity index (χ2v) is 5.94. The second-order valence-electron chi connectivity index (χ2n) is 4.84. The van der Waals surface area contributed by atoms with Crippen LogP contribution in [-0.4, -0.2) is 40.8 Å². The first-order valence-corrected chi connectivity index (χ1v) is 7.33. The first kappa shape index (κ1) is 12.8. The Hall–Kier alpha value is -0.680. The summed E-state index contributed by atoms with van der Waals surface area (Å²) >= 11 is 1.74. The molecular weight excluding hydrogens is 236 g/mol. The van der Waals surface area contributed by atoms with Gasteiger partial charge in [-0.3, -0.25) is 0 Å². The van der Waals surface area contributed by atoms with Crippen molar-refractivity contribution in [2.24, 2.45) is 0 Å². The van der Waals surface area contributed by atoms with E-state index in [4.69, 9.17) is 0 Å². The van der Waals surface area contributed by atoms with E-state index in [0.717, 1.165) is 37.2 Å². The third-order valence-corrected chi connectivity index (χ3v) is 4.50. The average molecular weight is 256 g/mol. The number of aliphatic hydroxyl groups is 1. The summed E-state index contributed by atoms with van der Waals surface area (Å²) in [5.74, 6) is 1.70. The molecule has 0 aromatic carbocycles. The lowest BCUT2D eigenvalue weighted by Crippen LogP contribution is -2.49. The van der Waals surface area contributed by atoms with Crippen LogP contribution in [0, 0.1) is 0 Å². The van der Waals surface area contributed by atoms with Gasteiger partial charge >= 0.3 is 6.03 Å². The zero-order valence-corrected chi connectivity index (χ0v) is 10.8. The summed E-state index contributed by atoms with van der Waals surface area (Å²) in [6.45, 7) is 0.356. The molecule has 1 fully saturated rings. The van der Waals surface area contributed by atoms with Gasteiger partial charge in [0.2, 0.25) is 0 Å². The van der Waals surface area contributed by atoms with Crippen LogP contribution in [0.5, 0.6) is 0 Å². The van der Waals surface area contributed by atoms with E-state index < -0.39 is 5.60 Å². The van der Waals surface area contributed by atoms with Gasteiger partial charge in [0.15, 0.2) is 0 Å². The van der Waals surface area contributed by atoms with Gasteiger partial charge in [-0.1, -0.05) is 12.2 Å². The van der Waals surface area contributed by atoms with Crippen molar-refractivity contribution in [1.29, 1.82) is 0 Å². The van der Waals surface area contributed by atoms with E-state index in [9.17, 15) is 9.90 Å². The van der Waals surface area contributed by atoms with Crippen LogP contribution in [0.2, 0.25) is 0 Å². The maximum atomic E-state index is 11.6. The van der Waals surface area contributed by atoms with Crippen molar-refractivity contribution < 1.29 is 9.90 Å². The molecule has 2 atom stereocenters. The summed E-state index contributed by atoms with van der Waals surface area (Å²) in [4.78, 5) is 11.6. The molecule has 3 N–H and O–H groups in total. The van der Waals surface area contributed by atoms with Gasteiger partial charge in [0.05, 0.1) is 5.60 Å². The van der Waals surface area contributed by atoms with Crippen molar-refractivity contribution >= 4 is 17.8 Å². The summed E-state index contributed by atoms with van der Waals surface area (Å²) in [6, 6.07) is 0.0863. The molecule has 4 nitrogen and oxygen atoms in total. The molecule has 5 heteroatoms. The van der Waals surface area contributed by atoms with E-state index in [1.165, 1.54) is 0 Å². The molecule has 1 heterocycles. The topological polar surface area (TPSA) is 61.4 Å². The zero-order chi connectivity index (χ0) is 12.1. The highest BCUT2D eigenvalue weighted by atomic mass is 32.2. The number of allylic oxidation sites excluding steroid dienone is 1. The SMILES string of the molecule is O=C(NCC1(O)CCSC1)NC1CC=CCC1. The Balaban J connectivity index is 1.68. The van der Waals surface area contributed by atoms with Crippen LogP contribution >= 0.6 is 11.8 Å². The van der Waals surface area contributed by atoms with Crippen LogP contribution in [0.15, 0.2) is 12.2 Å². The Morgan fingerprint density at radius 1 is 1.53 bits per heavy atom. The van der Waals surface area contributed by atoms with Gasteiger partial charge in [0, 0.05) is 18.3 Å². The summed E-state index contributed by atoms with van der Waals surface area (Å²) in [5, 5.41) is 15.8. The number of urea groups is 1. The Labute approximate surface area is 106 Å². The third-order valence-electron chi connectivity index (χ3n) is 3.26. The summed E-state index contributed by atoms with van der Waals surface area (Å²) in [5.41, 5.74) is -0.700. The Kier molecular flexibility index (Phi) is 4.34. The summed E-state index contributed by atoms with van der Waals surface area (Å²) in [6.07, 6.45) is 7.97.